The minimum absolute atomic E-state index is 0.205. The third-order valence-corrected chi connectivity index (χ3v) is 4.40. The van der Waals surface area contributed by atoms with E-state index in [0.29, 0.717) is 11.5 Å². The summed E-state index contributed by atoms with van der Waals surface area (Å²) >= 11 is 0. The number of hydrogen-bond donors (Lipinski definition) is 2. The van der Waals surface area contributed by atoms with Crippen molar-refractivity contribution in [3.05, 3.63) is 84.4 Å². The van der Waals surface area contributed by atoms with E-state index in [1.54, 1.807) is 26.4 Å². The molecule has 1 amide bonds. The number of anilines is 3. The van der Waals surface area contributed by atoms with Crippen LogP contribution < -0.4 is 20.1 Å². The number of rotatable bonds is 7. The number of amides is 1. The van der Waals surface area contributed by atoms with Crippen LogP contribution >= 0.6 is 0 Å². The summed E-state index contributed by atoms with van der Waals surface area (Å²) in [5.74, 6) is 1.15. The lowest BCUT2D eigenvalue weighted by Gasteiger charge is -2.11. The number of methoxy groups -OCH3 is 2. The van der Waals surface area contributed by atoms with Crippen molar-refractivity contribution in [2.45, 2.75) is 6.92 Å². The van der Waals surface area contributed by atoms with Gasteiger partial charge in [-0.2, -0.15) is 0 Å². The zero-order valence-corrected chi connectivity index (χ0v) is 16.7. The molecule has 5 nitrogen and oxygen atoms in total. The Morgan fingerprint density at radius 2 is 1.48 bits per heavy atom. The molecule has 5 heteroatoms. The summed E-state index contributed by atoms with van der Waals surface area (Å²) < 4.78 is 10.6. The lowest BCUT2D eigenvalue weighted by atomic mass is 10.1. The average molecular weight is 388 g/mol. The third kappa shape index (κ3) is 5.39. The largest absolute Gasteiger partial charge is 0.497 e. The summed E-state index contributed by atoms with van der Waals surface area (Å²) in [6.45, 7) is 1.87. The van der Waals surface area contributed by atoms with Crippen molar-refractivity contribution in [2.75, 3.05) is 24.9 Å². The van der Waals surface area contributed by atoms with Crippen molar-refractivity contribution in [1.29, 1.82) is 0 Å². The van der Waals surface area contributed by atoms with Crippen LogP contribution in [0.4, 0.5) is 17.1 Å². The van der Waals surface area contributed by atoms with E-state index in [2.05, 4.69) is 10.6 Å². The highest BCUT2D eigenvalue weighted by Gasteiger charge is 2.09. The first kappa shape index (κ1) is 20.0. The molecule has 0 aliphatic carbocycles. The van der Waals surface area contributed by atoms with E-state index < -0.39 is 0 Å². The van der Waals surface area contributed by atoms with E-state index in [9.17, 15) is 4.79 Å². The number of ether oxygens (including phenoxy) is 2. The Kier molecular flexibility index (Phi) is 6.53. The summed E-state index contributed by atoms with van der Waals surface area (Å²) in [7, 11) is 3.20. The molecule has 0 aliphatic rings. The van der Waals surface area contributed by atoms with E-state index in [0.717, 1.165) is 28.2 Å². The SMILES string of the molecule is COc1ccc(/C(C)=C/C(=O)Nc2ccc(Nc3ccccc3)cc2)c(OC)c1. The van der Waals surface area contributed by atoms with E-state index in [4.69, 9.17) is 9.47 Å². The molecule has 29 heavy (non-hydrogen) atoms. The van der Waals surface area contributed by atoms with Crippen LogP contribution in [0, 0.1) is 0 Å². The number of nitrogens with one attached hydrogen (secondary N) is 2. The van der Waals surface area contributed by atoms with Gasteiger partial charge in [-0.3, -0.25) is 4.79 Å². The fourth-order valence-corrected chi connectivity index (χ4v) is 2.90. The fraction of sp³-hybridized carbons (Fsp3) is 0.125. The van der Waals surface area contributed by atoms with Gasteiger partial charge in [-0.05, 0) is 61.0 Å². The second-order valence-electron chi connectivity index (χ2n) is 6.45. The molecule has 0 unspecified atom stereocenters. The van der Waals surface area contributed by atoms with Crippen LogP contribution in [0.15, 0.2) is 78.9 Å². The van der Waals surface area contributed by atoms with Crippen molar-refractivity contribution < 1.29 is 14.3 Å². The minimum atomic E-state index is -0.205. The van der Waals surface area contributed by atoms with Gasteiger partial charge in [0.15, 0.2) is 0 Å². The van der Waals surface area contributed by atoms with Gasteiger partial charge >= 0.3 is 0 Å². The van der Waals surface area contributed by atoms with E-state index in [1.165, 1.54) is 0 Å². The molecular weight excluding hydrogens is 364 g/mol. The minimum Gasteiger partial charge on any atom is -0.497 e. The highest BCUT2D eigenvalue weighted by atomic mass is 16.5. The molecule has 0 fully saturated rings. The van der Waals surface area contributed by atoms with Crippen LogP contribution in [0.2, 0.25) is 0 Å². The fourth-order valence-electron chi connectivity index (χ4n) is 2.90. The molecule has 0 bridgehead atoms. The Morgan fingerprint density at radius 3 is 2.14 bits per heavy atom. The Labute approximate surface area is 171 Å². The monoisotopic (exact) mass is 388 g/mol. The predicted molar refractivity (Wildman–Crippen MR) is 118 cm³/mol. The molecule has 3 rings (SSSR count). The molecule has 0 saturated heterocycles. The second kappa shape index (κ2) is 9.46. The van der Waals surface area contributed by atoms with Gasteiger partial charge in [0.2, 0.25) is 5.91 Å². The lowest BCUT2D eigenvalue weighted by molar-refractivity contribution is -0.111. The molecular formula is C24H24N2O3. The quantitative estimate of drug-likeness (QED) is 0.526. The van der Waals surface area contributed by atoms with Gasteiger partial charge in [-0.1, -0.05) is 18.2 Å². The first-order chi connectivity index (χ1) is 14.1. The van der Waals surface area contributed by atoms with Crippen LogP contribution in [-0.2, 0) is 4.79 Å². The number of para-hydroxylation sites is 1. The van der Waals surface area contributed by atoms with Crippen molar-refractivity contribution >= 4 is 28.5 Å². The third-order valence-electron chi connectivity index (χ3n) is 4.40. The van der Waals surface area contributed by atoms with Crippen LogP contribution in [0.25, 0.3) is 5.57 Å². The second-order valence-corrected chi connectivity index (χ2v) is 6.45. The number of carbonyl (C=O) groups excluding carboxylic acids is 1. The van der Waals surface area contributed by atoms with Gasteiger partial charge in [0.1, 0.15) is 11.5 Å². The molecule has 0 radical (unpaired) electrons. The Morgan fingerprint density at radius 1 is 0.828 bits per heavy atom. The van der Waals surface area contributed by atoms with Gasteiger partial charge in [0, 0.05) is 34.8 Å². The topological polar surface area (TPSA) is 59.6 Å². The Hall–Kier alpha value is -3.73. The smallest absolute Gasteiger partial charge is 0.248 e. The Balaban J connectivity index is 1.67. The molecule has 2 N–H and O–H groups in total. The number of hydrogen-bond acceptors (Lipinski definition) is 4. The zero-order valence-electron chi connectivity index (χ0n) is 16.7. The maximum atomic E-state index is 12.4. The summed E-state index contributed by atoms with van der Waals surface area (Å²) in [5.41, 5.74) is 4.31. The van der Waals surface area contributed by atoms with Gasteiger partial charge < -0.3 is 20.1 Å². The van der Waals surface area contributed by atoms with Crippen molar-refractivity contribution in [1.82, 2.24) is 0 Å². The van der Waals surface area contributed by atoms with E-state index in [-0.39, 0.29) is 5.91 Å². The molecule has 0 aromatic heterocycles. The predicted octanol–water partition coefficient (Wildman–Crippen LogP) is 5.49. The van der Waals surface area contributed by atoms with Crippen LogP contribution in [0.1, 0.15) is 12.5 Å². The molecule has 148 valence electrons. The standard InChI is InChI=1S/C24H24N2O3/c1-17(22-14-13-21(28-2)16-23(22)29-3)15-24(27)26-20-11-9-19(10-12-20)25-18-7-5-4-6-8-18/h4-16,25H,1-3H3,(H,26,27)/b17-15+. The number of carbonyl (C=O) groups is 1. The summed E-state index contributed by atoms with van der Waals surface area (Å²) in [4.78, 5) is 12.4. The van der Waals surface area contributed by atoms with Gasteiger partial charge in [-0.15, -0.1) is 0 Å². The van der Waals surface area contributed by atoms with Crippen molar-refractivity contribution in [3.63, 3.8) is 0 Å². The molecule has 0 heterocycles. The number of benzene rings is 3. The van der Waals surface area contributed by atoms with Gasteiger partial charge in [0.05, 0.1) is 14.2 Å². The lowest BCUT2D eigenvalue weighted by Crippen LogP contribution is -2.08. The summed E-state index contributed by atoms with van der Waals surface area (Å²) in [5, 5.41) is 6.20. The molecule has 0 saturated carbocycles. The van der Waals surface area contributed by atoms with Crippen molar-refractivity contribution in [3.8, 4) is 11.5 Å². The highest BCUT2D eigenvalue weighted by Crippen LogP contribution is 2.30. The van der Waals surface area contributed by atoms with E-state index in [1.807, 2.05) is 73.7 Å². The van der Waals surface area contributed by atoms with Crippen LogP contribution in [0.3, 0.4) is 0 Å². The van der Waals surface area contributed by atoms with Gasteiger partial charge in [0.25, 0.3) is 0 Å². The summed E-state index contributed by atoms with van der Waals surface area (Å²) in [6, 6.07) is 23.0. The zero-order chi connectivity index (χ0) is 20.6. The summed E-state index contributed by atoms with van der Waals surface area (Å²) in [6.07, 6.45) is 1.56. The first-order valence-corrected chi connectivity index (χ1v) is 9.23. The van der Waals surface area contributed by atoms with Gasteiger partial charge in [-0.25, -0.2) is 0 Å². The van der Waals surface area contributed by atoms with Crippen LogP contribution in [-0.4, -0.2) is 20.1 Å². The molecule has 3 aromatic carbocycles. The number of allylic oxidation sites excluding steroid dienone is 1. The first-order valence-electron chi connectivity index (χ1n) is 9.23. The normalized spacial score (nSPS) is 10.9. The molecule has 0 spiro atoms. The Bertz CT molecular complexity index is 996. The highest BCUT2D eigenvalue weighted by molar-refractivity contribution is 6.04. The molecule has 3 aromatic rings. The van der Waals surface area contributed by atoms with E-state index >= 15 is 0 Å². The maximum absolute atomic E-state index is 12.4. The molecule has 0 atom stereocenters. The van der Waals surface area contributed by atoms with Crippen LogP contribution in [0.5, 0.6) is 11.5 Å². The molecule has 0 aliphatic heterocycles. The average Bonchev–Trinajstić information content (AvgIpc) is 2.75. The maximum Gasteiger partial charge on any atom is 0.248 e. The van der Waals surface area contributed by atoms with Crippen molar-refractivity contribution in [2.24, 2.45) is 0 Å².